The van der Waals surface area contributed by atoms with Crippen LogP contribution >= 0.6 is 0 Å². The van der Waals surface area contributed by atoms with Crippen molar-refractivity contribution < 1.29 is 4.74 Å². The first-order valence-electron chi connectivity index (χ1n) is 4.95. The van der Waals surface area contributed by atoms with Crippen molar-refractivity contribution >= 4 is 0 Å². The fourth-order valence-electron chi connectivity index (χ4n) is 1.72. The van der Waals surface area contributed by atoms with Crippen molar-refractivity contribution in [2.75, 3.05) is 6.61 Å². The summed E-state index contributed by atoms with van der Waals surface area (Å²) >= 11 is 0. The third-order valence-electron chi connectivity index (χ3n) is 2.66. The van der Waals surface area contributed by atoms with Gasteiger partial charge in [0, 0.05) is 18.5 Å². The minimum Gasteiger partial charge on any atom is -0.493 e. The average molecular weight is 192 g/mol. The molecule has 0 amide bonds. The first-order chi connectivity index (χ1) is 6.68. The standard InChI is InChI=1S/C11H16N2O/c1-7(12)11(13)9-2-3-10-8(6-9)4-5-14-10/h2-3,6-7,11H,4-5,12-13H2,1H3. The maximum Gasteiger partial charge on any atom is 0.122 e. The molecule has 1 aliphatic heterocycles. The van der Waals surface area contributed by atoms with Gasteiger partial charge in [0.25, 0.3) is 0 Å². The number of nitrogens with two attached hydrogens (primary N) is 2. The number of hydrogen-bond donors (Lipinski definition) is 2. The van der Waals surface area contributed by atoms with Crippen molar-refractivity contribution in [3.05, 3.63) is 29.3 Å². The summed E-state index contributed by atoms with van der Waals surface area (Å²) in [5, 5.41) is 0. The Morgan fingerprint density at radius 2 is 2.14 bits per heavy atom. The summed E-state index contributed by atoms with van der Waals surface area (Å²) in [5.74, 6) is 0.991. The van der Waals surface area contributed by atoms with Crippen molar-refractivity contribution in [2.45, 2.75) is 25.4 Å². The Hall–Kier alpha value is -1.06. The van der Waals surface area contributed by atoms with Crippen LogP contribution in [0.15, 0.2) is 18.2 Å². The molecule has 1 heterocycles. The predicted molar refractivity (Wildman–Crippen MR) is 56.2 cm³/mol. The molecule has 0 aliphatic carbocycles. The van der Waals surface area contributed by atoms with Gasteiger partial charge in [0.05, 0.1) is 6.61 Å². The molecule has 2 rings (SSSR count). The lowest BCUT2D eigenvalue weighted by Crippen LogP contribution is -2.31. The van der Waals surface area contributed by atoms with E-state index in [1.165, 1.54) is 5.56 Å². The van der Waals surface area contributed by atoms with Crippen molar-refractivity contribution in [1.82, 2.24) is 0 Å². The molecule has 0 bridgehead atoms. The molecular formula is C11H16N2O. The zero-order valence-corrected chi connectivity index (χ0v) is 8.36. The zero-order chi connectivity index (χ0) is 10.1. The van der Waals surface area contributed by atoms with Crippen LogP contribution < -0.4 is 16.2 Å². The van der Waals surface area contributed by atoms with Gasteiger partial charge in [0.2, 0.25) is 0 Å². The van der Waals surface area contributed by atoms with E-state index >= 15 is 0 Å². The third kappa shape index (κ3) is 1.61. The Morgan fingerprint density at radius 1 is 1.36 bits per heavy atom. The molecule has 1 aromatic carbocycles. The summed E-state index contributed by atoms with van der Waals surface area (Å²) < 4.78 is 5.42. The highest BCUT2D eigenvalue weighted by Crippen LogP contribution is 2.28. The van der Waals surface area contributed by atoms with Crippen molar-refractivity contribution in [1.29, 1.82) is 0 Å². The van der Waals surface area contributed by atoms with Crippen LogP contribution in [0.1, 0.15) is 24.1 Å². The minimum atomic E-state index is -0.0825. The van der Waals surface area contributed by atoms with Gasteiger partial charge in [-0.15, -0.1) is 0 Å². The molecule has 0 fully saturated rings. The van der Waals surface area contributed by atoms with E-state index in [9.17, 15) is 0 Å². The average Bonchev–Trinajstić information content (AvgIpc) is 2.62. The van der Waals surface area contributed by atoms with E-state index in [2.05, 4.69) is 6.07 Å². The Morgan fingerprint density at radius 3 is 2.86 bits per heavy atom. The Balaban J connectivity index is 2.28. The van der Waals surface area contributed by atoms with Crippen LogP contribution in [0.4, 0.5) is 0 Å². The molecule has 14 heavy (non-hydrogen) atoms. The van der Waals surface area contributed by atoms with Crippen LogP contribution in [-0.2, 0) is 6.42 Å². The van der Waals surface area contributed by atoms with E-state index < -0.39 is 0 Å². The van der Waals surface area contributed by atoms with Crippen LogP contribution in [0.5, 0.6) is 5.75 Å². The van der Waals surface area contributed by atoms with E-state index in [1.807, 2.05) is 19.1 Å². The van der Waals surface area contributed by atoms with Gasteiger partial charge in [-0.25, -0.2) is 0 Å². The summed E-state index contributed by atoms with van der Waals surface area (Å²) in [7, 11) is 0. The lowest BCUT2D eigenvalue weighted by molar-refractivity contribution is 0.356. The van der Waals surface area contributed by atoms with Crippen LogP contribution in [0.25, 0.3) is 0 Å². The lowest BCUT2D eigenvalue weighted by Gasteiger charge is -2.16. The highest BCUT2D eigenvalue weighted by molar-refractivity contribution is 5.40. The quantitative estimate of drug-likeness (QED) is 0.734. The lowest BCUT2D eigenvalue weighted by atomic mass is 9.99. The number of hydrogen-bond acceptors (Lipinski definition) is 3. The van der Waals surface area contributed by atoms with E-state index in [-0.39, 0.29) is 12.1 Å². The second-order valence-corrected chi connectivity index (χ2v) is 3.85. The molecule has 1 aliphatic rings. The maximum atomic E-state index is 5.97. The zero-order valence-electron chi connectivity index (χ0n) is 8.36. The van der Waals surface area contributed by atoms with Gasteiger partial charge in [0.15, 0.2) is 0 Å². The number of fused-ring (bicyclic) bond motifs is 1. The molecule has 0 spiro atoms. The van der Waals surface area contributed by atoms with Gasteiger partial charge in [0.1, 0.15) is 5.75 Å². The number of benzene rings is 1. The molecule has 3 nitrogen and oxygen atoms in total. The molecule has 0 saturated heterocycles. The Kier molecular flexibility index (Phi) is 2.44. The topological polar surface area (TPSA) is 61.3 Å². The summed E-state index contributed by atoms with van der Waals surface area (Å²) in [6, 6.07) is 5.99. The van der Waals surface area contributed by atoms with Crippen molar-refractivity contribution in [3.8, 4) is 5.75 Å². The van der Waals surface area contributed by atoms with Gasteiger partial charge in [-0.1, -0.05) is 12.1 Å². The van der Waals surface area contributed by atoms with E-state index in [4.69, 9.17) is 16.2 Å². The number of ether oxygens (including phenoxy) is 1. The summed E-state index contributed by atoms with van der Waals surface area (Å²) in [5.41, 5.74) is 14.1. The second kappa shape index (κ2) is 3.59. The van der Waals surface area contributed by atoms with Crippen LogP contribution in [-0.4, -0.2) is 12.6 Å². The van der Waals surface area contributed by atoms with Crippen molar-refractivity contribution in [2.24, 2.45) is 11.5 Å². The molecule has 2 unspecified atom stereocenters. The Labute approximate surface area is 84.0 Å². The SMILES string of the molecule is CC(N)C(N)c1ccc2c(c1)CCO2. The first-order valence-corrected chi connectivity index (χ1v) is 4.95. The molecule has 0 aromatic heterocycles. The van der Waals surface area contributed by atoms with E-state index in [0.29, 0.717) is 0 Å². The highest BCUT2D eigenvalue weighted by Gasteiger charge is 2.16. The van der Waals surface area contributed by atoms with Gasteiger partial charge in [-0.2, -0.15) is 0 Å². The van der Waals surface area contributed by atoms with Gasteiger partial charge in [-0.05, 0) is 24.1 Å². The normalized spacial score (nSPS) is 18.5. The monoisotopic (exact) mass is 192 g/mol. The summed E-state index contributed by atoms with van der Waals surface area (Å²) in [4.78, 5) is 0. The molecule has 2 atom stereocenters. The fourth-order valence-corrected chi connectivity index (χ4v) is 1.72. The largest absolute Gasteiger partial charge is 0.493 e. The van der Waals surface area contributed by atoms with E-state index in [0.717, 1.165) is 24.3 Å². The minimum absolute atomic E-state index is 0.0182. The molecule has 3 heteroatoms. The smallest absolute Gasteiger partial charge is 0.122 e. The molecule has 76 valence electrons. The molecule has 0 radical (unpaired) electrons. The second-order valence-electron chi connectivity index (χ2n) is 3.85. The van der Waals surface area contributed by atoms with Gasteiger partial charge < -0.3 is 16.2 Å². The first kappa shape index (κ1) is 9.49. The third-order valence-corrected chi connectivity index (χ3v) is 2.66. The van der Waals surface area contributed by atoms with E-state index in [1.54, 1.807) is 0 Å². The van der Waals surface area contributed by atoms with Gasteiger partial charge >= 0.3 is 0 Å². The van der Waals surface area contributed by atoms with Crippen LogP contribution in [0.3, 0.4) is 0 Å². The molecule has 0 saturated carbocycles. The van der Waals surface area contributed by atoms with Crippen LogP contribution in [0, 0.1) is 0 Å². The highest BCUT2D eigenvalue weighted by atomic mass is 16.5. The fraction of sp³-hybridized carbons (Fsp3) is 0.455. The molecular weight excluding hydrogens is 176 g/mol. The summed E-state index contributed by atoms with van der Waals surface area (Å²) in [6.07, 6.45) is 0.981. The predicted octanol–water partition coefficient (Wildman–Crippen LogP) is 0.969. The molecule has 4 N–H and O–H groups in total. The Bertz CT molecular complexity index is 336. The summed E-state index contributed by atoms with van der Waals surface area (Å²) in [6.45, 7) is 2.71. The van der Waals surface area contributed by atoms with Gasteiger partial charge in [-0.3, -0.25) is 0 Å². The number of rotatable bonds is 2. The maximum absolute atomic E-state index is 5.97. The molecule has 1 aromatic rings. The van der Waals surface area contributed by atoms with Crippen molar-refractivity contribution in [3.63, 3.8) is 0 Å². The van der Waals surface area contributed by atoms with Crippen LogP contribution in [0.2, 0.25) is 0 Å².